The van der Waals surface area contributed by atoms with Gasteiger partial charge in [0.2, 0.25) is 0 Å². The van der Waals surface area contributed by atoms with Crippen LogP contribution in [0.1, 0.15) is 18.5 Å². The average Bonchev–Trinajstić information content (AvgIpc) is 2.48. The van der Waals surface area contributed by atoms with E-state index in [-0.39, 0.29) is 11.6 Å². The van der Waals surface area contributed by atoms with E-state index < -0.39 is 0 Å². The van der Waals surface area contributed by atoms with Gasteiger partial charge in [-0.15, -0.1) is 0 Å². The van der Waals surface area contributed by atoms with Crippen molar-refractivity contribution in [1.82, 2.24) is 4.57 Å². The minimum Gasteiger partial charge on any atom is -0.308 e. The molecule has 1 heterocycles. The number of halogens is 1. The minimum absolute atomic E-state index is 0.00733. The lowest BCUT2D eigenvalue weighted by molar-refractivity contribution is 0.620. The summed E-state index contributed by atoms with van der Waals surface area (Å²) in [4.78, 5) is 12.6. The van der Waals surface area contributed by atoms with Gasteiger partial charge in [-0.2, -0.15) is 0 Å². The molecule has 0 aliphatic carbocycles. The molecular weight excluding hydrogens is 270 g/mol. The second kappa shape index (κ2) is 5.14. The molecule has 3 heteroatoms. The quantitative estimate of drug-likeness (QED) is 0.688. The van der Waals surface area contributed by atoms with Crippen molar-refractivity contribution in [3.05, 3.63) is 81.7 Å². The summed E-state index contributed by atoms with van der Waals surface area (Å²) in [7, 11) is 0. The zero-order valence-corrected chi connectivity index (χ0v) is 11.8. The summed E-state index contributed by atoms with van der Waals surface area (Å²) in [6.45, 7) is 2.02. The first-order valence-electron chi connectivity index (χ1n) is 6.52. The van der Waals surface area contributed by atoms with Gasteiger partial charge in [-0.3, -0.25) is 4.79 Å². The van der Waals surface area contributed by atoms with E-state index in [1.54, 1.807) is 16.7 Å². The van der Waals surface area contributed by atoms with Crippen molar-refractivity contribution < 1.29 is 0 Å². The van der Waals surface area contributed by atoms with Crippen molar-refractivity contribution in [3.8, 4) is 0 Å². The Hall–Kier alpha value is -2.06. The topological polar surface area (TPSA) is 22.0 Å². The highest BCUT2D eigenvalue weighted by Gasteiger charge is 2.11. The van der Waals surface area contributed by atoms with Gasteiger partial charge in [-0.05, 0) is 36.1 Å². The largest absolute Gasteiger partial charge is 0.308 e. The van der Waals surface area contributed by atoms with Crippen molar-refractivity contribution in [1.29, 1.82) is 0 Å². The van der Waals surface area contributed by atoms with Crippen LogP contribution in [0.15, 0.2) is 65.6 Å². The highest BCUT2D eigenvalue weighted by atomic mass is 35.5. The highest BCUT2D eigenvalue weighted by molar-refractivity contribution is 6.31. The third-order valence-electron chi connectivity index (χ3n) is 3.59. The Kier molecular flexibility index (Phi) is 3.33. The molecule has 0 spiro atoms. The first-order chi connectivity index (χ1) is 9.66. The van der Waals surface area contributed by atoms with Gasteiger partial charge in [-0.25, -0.2) is 0 Å². The van der Waals surface area contributed by atoms with Crippen LogP contribution >= 0.6 is 11.6 Å². The molecule has 3 rings (SSSR count). The minimum atomic E-state index is -0.0126. The molecule has 20 heavy (non-hydrogen) atoms. The maximum Gasteiger partial charge on any atom is 0.259 e. The predicted octanol–water partition coefficient (Wildman–Crippen LogP) is 4.26. The molecule has 0 aliphatic heterocycles. The van der Waals surface area contributed by atoms with Gasteiger partial charge in [-0.1, -0.05) is 48.0 Å². The number of nitrogens with zero attached hydrogens (tertiary/aromatic N) is 1. The van der Waals surface area contributed by atoms with Gasteiger partial charge in [0, 0.05) is 16.6 Å². The fourth-order valence-electron chi connectivity index (χ4n) is 2.42. The molecule has 0 N–H and O–H groups in total. The monoisotopic (exact) mass is 283 g/mol. The molecule has 2 aromatic carbocycles. The standard InChI is InChI=1S/C17H14ClNO/c1-12(13-5-3-2-4-6-13)19-10-9-14-7-8-15(18)11-16(14)17(19)20/h2-12H,1H3. The first kappa shape index (κ1) is 12.9. The van der Waals surface area contributed by atoms with Gasteiger partial charge in [0.1, 0.15) is 0 Å². The van der Waals surface area contributed by atoms with Crippen LogP contribution in [0.25, 0.3) is 10.8 Å². The molecule has 0 fully saturated rings. The number of hydrogen-bond acceptors (Lipinski definition) is 1. The summed E-state index contributed by atoms with van der Waals surface area (Å²) in [6, 6.07) is 17.3. The number of rotatable bonds is 2. The third-order valence-corrected chi connectivity index (χ3v) is 3.83. The zero-order valence-electron chi connectivity index (χ0n) is 11.1. The van der Waals surface area contributed by atoms with Crippen LogP contribution in [0.5, 0.6) is 0 Å². The zero-order chi connectivity index (χ0) is 14.1. The Morgan fingerprint density at radius 3 is 2.55 bits per heavy atom. The Morgan fingerprint density at radius 2 is 1.80 bits per heavy atom. The number of fused-ring (bicyclic) bond motifs is 1. The lowest BCUT2D eigenvalue weighted by Gasteiger charge is -2.16. The Morgan fingerprint density at radius 1 is 1.05 bits per heavy atom. The normalized spacial score (nSPS) is 12.5. The van der Waals surface area contributed by atoms with Crippen molar-refractivity contribution in [2.45, 2.75) is 13.0 Å². The smallest absolute Gasteiger partial charge is 0.259 e. The van der Waals surface area contributed by atoms with E-state index >= 15 is 0 Å². The van der Waals surface area contributed by atoms with Crippen LogP contribution < -0.4 is 5.56 Å². The molecule has 0 radical (unpaired) electrons. The van der Waals surface area contributed by atoms with E-state index in [0.717, 1.165) is 10.9 Å². The summed E-state index contributed by atoms with van der Waals surface area (Å²) in [5.74, 6) is 0. The van der Waals surface area contributed by atoms with Gasteiger partial charge < -0.3 is 4.57 Å². The highest BCUT2D eigenvalue weighted by Crippen LogP contribution is 2.19. The summed E-state index contributed by atoms with van der Waals surface area (Å²) < 4.78 is 1.74. The maximum absolute atomic E-state index is 12.6. The number of pyridine rings is 1. The van der Waals surface area contributed by atoms with Crippen LogP contribution in [0.4, 0.5) is 0 Å². The van der Waals surface area contributed by atoms with Crippen LogP contribution in [0, 0.1) is 0 Å². The molecule has 100 valence electrons. The first-order valence-corrected chi connectivity index (χ1v) is 6.90. The molecule has 3 aromatic rings. The number of aromatic nitrogens is 1. The van der Waals surface area contributed by atoms with Crippen LogP contribution in [0.3, 0.4) is 0 Å². The molecule has 0 saturated heterocycles. The van der Waals surface area contributed by atoms with Gasteiger partial charge in [0.05, 0.1) is 6.04 Å². The van der Waals surface area contributed by atoms with Crippen LogP contribution in [-0.4, -0.2) is 4.57 Å². The molecule has 0 saturated carbocycles. The molecule has 1 unspecified atom stereocenters. The van der Waals surface area contributed by atoms with Crippen molar-refractivity contribution in [2.24, 2.45) is 0 Å². The molecule has 0 aliphatic rings. The van der Waals surface area contributed by atoms with E-state index in [1.165, 1.54) is 0 Å². The third kappa shape index (κ3) is 2.23. The maximum atomic E-state index is 12.6. The SMILES string of the molecule is CC(c1ccccc1)n1ccc2ccc(Cl)cc2c1=O. The summed E-state index contributed by atoms with van der Waals surface area (Å²) in [5, 5.41) is 2.15. The molecular formula is C17H14ClNO. The Labute approximate surface area is 122 Å². The van der Waals surface area contributed by atoms with Crippen molar-refractivity contribution in [2.75, 3.05) is 0 Å². The van der Waals surface area contributed by atoms with Gasteiger partial charge in [0.15, 0.2) is 0 Å². The second-order valence-electron chi connectivity index (χ2n) is 4.85. The number of benzene rings is 2. The average molecular weight is 284 g/mol. The lowest BCUT2D eigenvalue weighted by atomic mass is 10.1. The molecule has 0 amide bonds. The predicted molar refractivity (Wildman–Crippen MR) is 83.5 cm³/mol. The molecule has 0 bridgehead atoms. The summed E-state index contributed by atoms with van der Waals surface area (Å²) in [5.41, 5.74) is 1.09. The summed E-state index contributed by atoms with van der Waals surface area (Å²) >= 11 is 5.99. The van der Waals surface area contributed by atoms with Gasteiger partial charge in [0.25, 0.3) is 5.56 Å². The summed E-state index contributed by atoms with van der Waals surface area (Å²) in [6.07, 6.45) is 1.84. The van der Waals surface area contributed by atoms with Crippen LogP contribution in [-0.2, 0) is 0 Å². The molecule has 1 atom stereocenters. The van der Waals surface area contributed by atoms with Gasteiger partial charge >= 0.3 is 0 Å². The fourth-order valence-corrected chi connectivity index (χ4v) is 2.60. The fraction of sp³-hybridized carbons (Fsp3) is 0.118. The molecule has 1 aromatic heterocycles. The lowest BCUT2D eigenvalue weighted by Crippen LogP contribution is -2.23. The van der Waals surface area contributed by atoms with E-state index in [1.807, 2.05) is 55.6 Å². The number of hydrogen-bond donors (Lipinski definition) is 0. The van der Waals surface area contributed by atoms with Crippen LogP contribution in [0.2, 0.25) is 5.02 Å². The Balaban J connectivity index is 2.18. The van der Waals surface area contributed by atoms with E-state index in [4.69, 9.17) is 11.6 Å². The Bertz CT molecular complexity index is 808. The molecule has 2 nitrogen and oxygen atoms in total. The van der Waals surface area contributed by atoms with E-state index in [9.17, 15) is 4.79 Å². The van der Waals surface area contributed by atoms with E-state index in [2.05, 4.69) is 0 Å². The van der Waals surface area contributed by atoms with E-state index in [0.29, 0.717) is 10.4 Å². The second-order valence-corrected chi connectivity index (χ2v) is 5.28. The van der Waals surface area contributed by atoms with Crippen molar-refractivity contribution >= 4 is 22.4 Å². The van der Waals surface area contributed by atoms with Crippen molar-refractivity contribution in [3.63, 3.8) is 0 Å².